The van der Waals surface area contributed by atoms with Gasteiger partial charge in [-0.3, -0.25) is 10.1 Å². The van der Waals surface area contributed by atoms with Crippen LogP contribution in [0.1, 0.15) is 28.8 Å². The van der Waals surface area contributed by atoms with Gasteiger partial charge in [0, 0.05) is 18.1 Å². The predicted octanol–water partition coefficient (Wildman–Crippen LogP) is 3.02. The molecule has 1 aliphatic carbocycles. The van der Waals surface area contributed by atoms with E-state index in [1.165, 1.54) is 12.1 Å². The molecule has 1 aromatic rings. The first-order valence-electron chi connectivity index (χ1n) is 6.09. The van der Waals surface area contributed by atoms with Crippen LogP contribution in [-0.2, 0) is 4.74 Å². The summed E-state index contributed by atoms with van der Waals surface area (Å²) < 4.78 is 5.29. The molecule has 0 amide bonds. The Morgan fingerprint density at radius 1 is 1.58 bits per heavy atom. The van der Waals surface area contributed by atoms with E-state index in [4.69, 9.17) is 4.74 Å². The number of benzene rings is 1. The van der Waals surface area contributed by atoms with Gasteiger partial charge in [-0.1, -0.05) is 6.08 Å². The Morgan fingerprint density at radius 3 is 2.95 bits per heavy atom. The zero-order valence-electron chi connectivity index (χ0n) is 10.7. The number of non-ortho nitro benzene ring substituents is 1. The standard InChI is InChI=1S/C14H15NO4/c1-3-4-10-8-13(10)19-14(16)11-5-9(2)6-12(7-11)15(17)18/h3,5-7,10,13H,1,4,8H2,2H3/t10-,13-/m1/s1. The quantitative estimate of drug-likeness (QED) is 0.353. The van der Waals surface area contributed by atoms with E-state index < -0.39 is 10.9 Å². The molecule has 0 unspecified atom stereocenters. The number of allylic oxidation sites excluding steroid dienone is 1. The average Bonchev–Trinajstić information content (AvgIpc) is 3.06. The minimum absolute atomic E-state index is 0.0786. The summed E-state index contributed by atoms with van der Waals surface area (Å²) >= 11 is 0. The van der Waals surface area contributed by atoms with Crippen LogP contribution in [0.15, 0.2) is 30.9 Å². The number of nitro benzene ring substituents is 1. The highest BCUT2D eigenvalue weighted by atomic mass is 16.6. The summed E-state index contributed by atoms with van der Waals surface area (Å²) in [4.78, 5) is 22.1. The molecular formula is C14H15NO4. The van der Waals surface area contributed by atoms with Gasteiger partial charge in [-0.25, -0.2) is 4.79 Å². The lowest BCUT2D eigenvalue weighted by atomic mass is 10.1. The van der Waals surface area contributed by atoms with Crippen molar-refractivity contribution in [2.75, 3.05) is 0 Å². The van der Waals surface area contributed by atoms with Gasteiger partial charge in [0.2, 0.25) is 0 Å². The molecule has 2 rings (SSSR count). The monoisotopic (exact) mass is 261 g/mol. The third-order valence-electron chi connectivity index (χ3n) is 3.09. The SMILES string of the molecule is C=CC[C@@H]1C[C@H]1OC(=O)c1cc(C)cc([N+](=O)[O-])c1. The summed E-state index contributed by atoms with van der Waals surface area (Å²) in [5.41, 5.74) is 0.806. The first-order valence-corrected chi connectivity index (χ1v) is 6.09. The second-order valence-corrected chi connectivity index (χ2v) is 4.78. The lowest BCUT2D eigenvalue weighted by Crippen LogP contribution is -2.09. The van der Waals surface area contributed by atoms with E-state index in [2.05, 4.69) is 6.58 Å². The average molecular weight is 261 g/mol. The topological polar surface area (TPSA) is 69.4 Å². The zero-order chi connectivity index (χ0) is 14.0. The molecule has 1 fully saturated rings. The number of nitrogens with zero attached hydrogens (tertiary/aromatic N) is 1. The molecule has 0 spiro atoms. The van der Waals surface area contributed by atoms with Gasteiger partial charge in [0.05, 0.1) is 10.5 Å². The van der Waals surface area contributed by atoms with E-state index >= 15 is 0 Å². The molecule has 0 aromatic heterocycles. The summed E-state index contributed by atoms with van der Waals surface area (Å²) in [6, 6.07) is 4.27. The lowest BCUT2D eigenvalue weighted by Gasteiger charge is -2.05. The first-order chi connectivity index (χ1) is 9.01. The summed E-state index contributed by atoms with van der Waals surface area (Å²) in [7, 11) is 0. The maximum Gasteiger partial charge on any atom is 0.338 e. The number of carbonyl (C=O) groups is 1. The molecule has 1 aromatic carbocycles. The Morgan fingerprint density at radius 2 is 2.32 bits per heavy atom. The molecule has 0 N–H and O–H groups in total. The van der Waals surface area contributed by atoms with Crippen molar-refractivity contribution in [3.63, 3.8) is 0 Å². The van der Waals surface area contributed by atoms with E-state index in [1.54, 1.807) is 19.1 Å². The molecule has 19 heavy (non-hydrogen) atoms. The van der Waals surface area contributed by atoms with Crippen molar-refractivity contribution >= 4 is 11.7 Å². The number of ether oxygens (including phenoxy) is 1. The van der Waals surface area contributed by atoms with Crippen molar-refractivity contribution in [3.05, 3.63) is 52.1 Å². The van der Waals surface area contributed by atoms with E-state index in [0.717, 1.165) is 12.8 Å². The van der Waals surface area contributed by atoms with Crippen LogP contribution in [0, 0.1) is 23.0 Å². The molecule has 2 atom stereocenters. The molecule has 1 aliphatic rings. The Bertz CT molecular complexity index is 538. The minimum atomic E-state index is -0.512. The molecule has 0 saturated heterocycles. The van der Waals surface area contributed by atoms with Gasteiger partial charge in [-0.05, 0) is 31.4 Å². The number of esters is 1. The molecule has 5 heteroatoms. The Hall–Kier alpha value is -2.17. The summed E-state index contributed by atoms with van der Waals surface area (Å²) in [6.45, 7) is 5.35. The van der Waals surface area contributed by atoms with Crippen LogP contribution in [0.3, 0.4) is 0 Å². The summed E-state index contributed by atoms with van der Waals surface area (Å²) in [6.07, 6.45) is 3.39. The second kappa shape index (κ2) is 5.22. The van der Waals surface area contributed by atoms with Gasteiger partial charge in [-0.15, -0.1) is 6.58 Å². The molecule has 0 bridgehead atoms. The van der Waals surface area contributed by atoms with Crippen LogP contribution in [0.2, 0.25) is 0 Å². The molecule has 0 heterocycles. The molecule has 0 radical (unpaired) electrons. The number of rotatable bonds is 5. The highest BCUT2D eigenvalue weighted by Gasteiger charge is 2.39. The van der Waals surface area contributed by atoms with Crippen LogP contribution in [0.25, 0.3) is 0 Å². The fraction of sp³-hybridized carbons (Fsp3) is 0.357. The normalized spacial score (nSPS) is 20.7. The number of hydrogen-bond acceptors (Lipinski definition) is 4. The van der Waals surface area contributed by atoms with Gasteiger partial charge in [0.25, 0.3) is 5.69 Å². The Balaban J connectivity index is 2.07. The van der Waals surface area contributed by atoms with Gasteiger partial charge in [0.15, 0.2) is 0 Å². The molecule has 100 valence electrons. The van der Waals surface area contributed by atoms with Crippen molar-refractivity contribution in [2.24, 2.45) is 5.92 Å². The minimum Gasteiger partial charge on any atom is -0.458 e. The Kier molecular flexibility index (Phi) is 3.64. The lowest BCUT2D eigenvalue weighted by molar-refractivity contribution is -0.384. The van der Waals surface area contributed by atoms with Crippen molar-refractivity contribution < 1.29 is 14.5 Å². The number of aryl methyl sites for hydroxylation is 1. The van der Waals surface area contributed by atoms with Gasteiger partial charge >= 0.3 is 5.97 Å². The fourth-order valence-corrected chi connectivity index (χ4v) is 2.02. The van der Waals surface area contributed by atoms with Gasteiger partial charge in [0.1, 0.15) is 6.10 Å². The zero-order valence-corrected chi connectivity index (χ0v) is 10.7. The number of hydrogen-bond donors (Lipinski definition) is 0. The van der Waals surface area contributed by atoms with Crippen LogP contribution in [0.5, 0.6) is 0 Å². The van der Waals surface area contributed by atoms with Crippen molar-refractivity contribution in [1.29, 1.82) is 0 Å². The fourth-order valence-electron chi connectivity index (χ4n) is 2.02. The van der Waals surface area contributed by atoms with E-state index in [1.807, 2.05) is 0 Å². The van der Waals surface area contributed by atoms with Crippen LogP contribution < -0.4 is 0 Å². The smallest absolute Gasteiger partial charge is 0.338 e. The third kappa shape index (κ3) is 3.19. The highest BCUT2D eigenvalue weighted by molar-refractivity contribution is 5.90. The van der Waals surface area contributed by atoms with E-state index in [-0.39, 0.29) is 17.4 Å². The van der Waals surface area contributed by atoms with Crippen LogP contribution in [-0.4, -0.2) is 17.0 Å². The first kappa shape index (κ1) is 13.3. The summed E-state index contributed by atoms with van der Waals surface area (Å²) in [5, 5.41) is 10.7. The number of carbonyl (C=O) groups excluding carboxylic acids is 1. The van der Waals surface area contributed by atoms with Crippen molar-refractivity contribution in [2.45, 2.75) is 25.9 Å². The highest BCUT2D eigenvalue weighted by Crippen LogP contribution is 2.37. The molecular weight excluding hydrogens is 246 g/mol. The molecule has 5 nitrogen and oxygen atoms in total. The van der Waals surface area contributed by atoms with Gasteiger partial charge in [-0.2, -0.15) is 0 Å². The second-order valence-electron chi connectivity index (χ2n) is 4.78. The Labute approximate surface area is 111 Å². The largest absolute Gasteiger partial charge is 0.458 e. The number of nitro groups is 1. The summed E-state index contributed by atoms with van der Waals surface area (Å²) in [5.74, 6) is -0.149. The maximum absolute atomic E-state index is 11.9. The molecule has 1 saturated carbocycles. The van der Waals surface area contributed by atoms with Crippen molar-refractivity contribution in [1.82, 2.24) is 0 Å². The van der Waals surface area contributed by atoms with Crippen LogP contribution in [0.4, 0.5) is 5.69 Å². The van der Waals surface area contributed by atoms with Crippen LogP contribution >= 0.6 is 0 Å². The van der Waals surface area contributed by atoms with E-state index in [0.29, 0.717) is 11.5 Å². The molecule has 0 aliphatic heterocycles. The maximum atomic E-state index is 11.9. The van der Waals surface area contributed by atoms with Gasteiger partial charge < -0.3 is 4.74 Å². The van der Waals surface area contributed by atoms with Crippen molar-refractivity contribution in [3.8, 4) is 0 Å². The third-order valence-corrected chi connectivity index (χ3v) is 3.09. The predicted molar refractivity (Wildman–Crippen MR) is 70.0 cm³/mol. The van der Waals surface area contributed by atoms with E-state index in [9.17, 15) is 14.9 Å².